The van der Waals surface area contributed by atoms with Crippen molar-refractivity contribution in [3.05, 3.63) is 0 Å². The van der Waals surface area contributed by atoms with E-state index in [4.69, 9.17) is 5.11 Å². The van der Waals surface area contributed by atoms with Crippen LogP contribution >= 0.6 is 0 Å². The normalized spacial score (nSPS) is 8.91. The maximum Gasteiger partial charge on any atom is 0.309 e. The van der Waals surface area contributed by atoms with Gasteiger partial charge >= 0.3 is 11.8 Å². The number of hydrogen-bond acceptors (Lipinski definition) is 3. The number of rotatable bonds is 3. The topological polar surface area (TPSA) is 78.4 Å². The number of aliphatic hydroxyl groups is 1. The number of carbonyl (C=O) groups excluding carboxylic acids is 2. The standard InChI is InChI=1S/C6H12N2O3/c1-2-7-5(10)6(11)8-3-4-9/h9H,2-4H2,1H3,(H,7,10)(H,8,11). The van der Waals surface area contributed by atoms with E-state index in [1.165, 1.54) is 0 Å². The quantitative estimate of drug-likeness (QED) is 0.427. The Bertz CT molecular complexity index is 147. The van der Waals surface area contributed by atoms with Crippen molar-refractivity contribution in [2.75, 3.05) is 19.7 Å². The SMILES string of the molecule is CCNC(=O)C(=O)NCCO. The lowest BCUT2D eigenvalue weighted by molar-refractivity contribution is -0.139. The summed E-state index contributed by atoms with van der Waals surface area (Å²) in [5.41, 5.74) is 0. The maximum atomic E-state index is 10.7. The molecule has 0 unspecified atom stereocenters. The number of hydrogen-bond donors (Lipinski definition) is 3. The first kappa shape index (κ1) is 9.90. The summed E-state index contributed by atoms with van der Waals surface area (Å²) in [5, 5.41) is 12.8. The van der Waals surface area contributed by atoms with E-state index in [0.29, 0.717) is 6.54 Å². The van der Waals surface area contributed by atoms with Crippen molar-refractivity contribution in [3.63, 3.8) is 0 Å². The lowest BCUT2D eigenvalue weighted by Gasteiger charge is -2.01. The Morgan fingerprint density at radius 3 is 2.27 bits per heavy atom. The average Bonchev–Trinajstić information content (AvgIpc) is 2.00. The van der Waals surface area contributed by atoms with Crippen LogP contribution in [0.3, 0.4) is 0 Å². The number of carbonyl (C=O) groups is 2. The average molecular weight is 160 g/mol. The van der Waals surface area contributed by atoms with Gasteiger partial charge in [0.1, 0.15) is 0 Å². The molecule has 0 saturated carbocycles. The van der Waals surface area contributed by atoms with Gasteiger partial charge in [0.2, 0.25) is 0 Å². The third-order valence-electron chi connectivity index (χ3n) is 0.941. The van der Waals surface area contributed by atoms with Crippen LogP contribution in [0.25, 0.3) is 0 Å². The van der Waals surface area contributed by atoms with Crippen LogP contribution in [-0.2, 0) is 9.59 Å². The lowest BCUT2D eigenvalue weighted by atomic mass is 10.5. The molecule has 11 heavy (non-hydrogen) atoms. The van der Waals surface area contributed by atoms with E-state index in [-0.39, 0.29) is 13.2 Å². The van der Waals surface area contributed by atoms with E-state index in [1.807, 2.05) is 0 Å². The third kappa shape index (κ3) is 4.32. The summed E-state index contributed by atoms with van der Waals surface area (Å²) in [6.07, 6.45) is 0. The van der Waals surface area contributed by atoms with Crippen LogP contribution < -0.4 is 10.6 Å². The van der Waals surface area contributed by atoms with E-state index in [9.17, 15) is 9.59 Å². The summed E-state index contributed by atoms with van der Waals surface area (Å²) in [5.74, 6) is -1.37. The van der Waals surface area contributed by atoms with Crippen molar-refractivity contribution in [1.82, 2.24) is 10.6 Å². The van der Waals surface area contributed by atoms with Crippen LogP contribution in [-0.4, -0.2) is 36.6 Å². The molecule has 0 aliphatic carbocycles. The van der Waals surface area contributed by atoms with Gasteiger partial charge in [0.15, 0.2) is 0 Å². The Balaban J connectivity index is 3.56. The zero-order valence-electron chi connectivity index (χ0n) is 6.39. The van der Waals surface area contributed by atoms with Gasteiger partial charge in [-0.1, -0.05) is 0 Å². The van der Waals surface area contributed by atoms with E-state index < -0.39 is 11.8 Å². The second-order valence-corrected chi connectivity index (χ2v) is 1.84. The van der Waals surface area contributed by atoms with Crippen molar-refractivity contribution in [1.29, 1.82) is 0 Å². The summed E-state index contributed by atoms with van der Waals surface area (Å²) < 4.78 is 0. The fraction of sp³-hybridized carbons (Fsp3) is 0.667. The highest BCUT2D eigenvalue weighted by atomic mass is 16.3. The largest absolute Gasteiger partial charge is 0.395 e. The van der Waals surface area contributed by atoms with Crippen LogP contribution in [0.5, 0.6) is 0 Å². The van der Waals surface area contributed by atoms with Crippen molar-refractivity contribution in [2.45, 2.75) is 6.92 Å². The Hall–Kier alpha value is -1.10. The molecule has 0 spiro atoms. The number of nitrogens with one attached hydrogen (secondary N) is 2. The summed E-state index contributed by atoms with van der Waals surface area (Å²) >= 11 is 0. The second kappa shape index (κ2) is 5.67. The van der Waals surface area contributed by atoms with Gasteiger partial charge in [-0.15, -0.1) is 0 Å². The Morgan fingerprint density at radius 1 is 1.27 bits per heavy atom. The molecular weight excluding hydrogens is 148 g/mol. The first-order chi connectivity index (χ1) is 5.22. The zero-order valence-corrected chi connectivity index (χ0v) is 6.39. The predicted octanol–water partition coefficient (Wildman–Crippen LogP) is -1.77. The summed E-state index contributed by atoms with van der Waals surface area (Å²) in [4.78, 5) is 21.3. The Morgan fingerprint density at radius 2 is 1.82 bits per heavy atom. The fourth-order valence-electron chi connectivity index (χ4n) is 0.491. The first-order valence-electron chi connectivity index (χ1n) is 3.39. The van der Waals surface area contributed by atoms with E-state index in [1.54, 1.807) is 6.92 Å². The predicted molar refractivity (Wildman–Crippen MR) is 38.8 cm³/mol. The molecule has 0 saturated heterocycles. The van der Waals surface area contributed by atoms with E-state index in [2.05, 4.69) is 10.6 Å². The summed E-state index contributed by atoms with van der Waals surface area (Å²) in [6.45, 7) is 2.09. The minimum atomic E-state index is -0.707. The molecule has 5 nitrogen and oxygen atoms in total. The number of aliphatic hydroxyl groups excluding tert-OH is 1. The molecule has 0 radical (unpaired) electrons. The maximum absolute atomic E-state index is 10.7. The van der Waals surface area contributed by atoms with Gasteiger partial charge in [0.25, 0.3) is 0 Å². The van der Waals surface area contributed by atoms with Crippen molar-refractivity contribution >= 4 is 11.8 Å². The Labute approximate surface area is 64.8 Å². The van der Waals surface area contributed by atoms with Crippen molar-refractivity contribution < 1.29 is 14.7 Å². The number of amides is 2. The Kier molecular flexibility index (Phi) is 5.10. The molecule has 0 aromatic rings. The van der Waals surface area contributed by atoms with Crippen LogP contribution in [0.1, 0.15) is 6.92 Å². The molecule has 2 amide bonds. The summed E-state index contributed by atoms with van der Waals surface area (Å²) in [6, 6.07) is 0. The first-order valence-corrected chi connectivity index (χ1v) is 3.39. The van der Waals surface area contributed by atoms with Crippen LogP contribution in [0.4, 0.5) is 0 Å². The van der Waals surface area contributed by atoms with Crippen LogP contribution in [0, 0.1) is 0 Å². The molecule has 64 valence electrons. The van der Waals surface area contributed by atoms with E-state index in [0.717, 1.165) is 0 Å². The third-order valence-corrected chi connectivity index (χ3v) is 0.941. The highest BCUT2D eigenvalue weighted by Crippen LogP contribution is 1.67. The molecule has 3 N–H and O–H groups in total. The van der Waals surface area contributed by atoms with Gasteiger partial charge in [-0.2, -0.15) is 0 Å². The zero-order chi connectivity index (χ0) is 8.69. The smallest absolute Gasteiger partial charge is 0.309 e. The van der Waals surface area contributed by atoms with Gasteiger partial charge in [0.05, 0.1) is 6.61 Å². The molecule has 0 aromatic carbocycles. The fourth-order valence-corrected chi connectivity index (χ4v) is 0.491. The highest BCUT2D eigenvalue weighted by molar-refractivity contribution is 6.35. The monoisotopic (exact) mass is 160 g/mol. The van der Waals surface area contributed by atoms with Crippen molar-refractivity contribution in [3.8, 4) is 0 Å². The van der Waals surface area contributed by atoms with Crippen LogP contribution in [0.2, 0.25) is 0 Å². The van der Waals surface area contributed by atoms with Gasteiger partial charge in [-0.25, -0.2) is 0 Å². The van der Waals surface area contributed by atoms with Gasteiger partial charge < -0.3 is 15.7 Å². The molecule has 0 heterocycles. The van der Waals surface area contributed by atoms with Crippen molar-refractivity contribution in [2.24, 2.45) is 0 Å². The minimum Gasteiger partial charge on any atom is -0.395 e. The highest BCUT2D eigenvalue weighted by Gasteiger charge is 2.09. The number of likely N-dealkylation sites (N-methyl/N-ethyl adjacent to an activating group) is 1. The minimum absolute atomic E-state index is 0.107. The molecule has 5 heteroatoms. The van der Waals surface area contributed by atoms with Gasteiger partial charge in [0, 0.05) is 13.1 Å². The molecule has 0 aliphatic heterocycles. The van der Waals surface area contributed by atoms with Gasteiger partial charge in [-0.3, -0.25) is 9.59 Å². The molecular formula is C6H12N2O3. The van der Waals surface area contributed by atoms with Crippen LogP contribution in [0.15, 0.2) is 0 Å². The van der Waals surface area contributed by atoms with E-state index >= 15 is 0 Å². The molecule has 0 rings (SSSR count). The molecule has 0 atom stereocenters. The molecule has 0 fully saturated rings. The second-order valence-electron chi connectivity index (χ2n) is 1.84. The molecule has 0 aliphatic rings. The lowest BCUT2D eigenvalue weighted by Crippen LogP contribution is -2.40. The molecule has 0 bridgehead atoms. The van der Waals surface area contributed by atoms with Gasteiger partial charge in [-0.05, 0) is 6.92 Å². The summed E-state index contributed by atoms with van der Waals surface area (Å²) in [7, 11) is 0. The molecule has 0 aromatic heterocycles.